The van der Waals surface area contributed by atoms with Gasteiger partial charge in [0, 0.05) is 0 Å². The lowest BCUT2D eigenvalue weighted by Crippen LogP contribution is -2.12. The number of rotatable bonds is 1. The van der Waals surface area contributed by atoms with E-state index >= 15 is 0 Å². The summed E-state index contributed by atoms with van der Waals surface area (Å²) in [6.07, 6.45) is 0. The van der Waals surface area contributed by atoms with E-state index in [1.54, 1.807) is 0 Å². The fourth-order valence-corrected chi connectivity index (χ4v) is 1.52. The van der Waals surface area contributed by atoms with Crippen molar-refractivity contribution < 1.29 is 18.6 Å². The summed E-state index contributed by atoms with van der Waals surface area (Å²) >= 11 is 0. The van der Waals surface area contributed by atoms with Crippen LogP contribution in [0.3, 0.4) is 0 Å². The molecule has 0 heterocycles. The molecule has 5 nitrogen and oxygen atoms in total. The molecule has 12 heavy (non-hydrogen) atoms. The Balaban J connectivity index is 3.53. The molecular weight excluding hydrogens is 182 g/mol. The Hall–Kier alpha value is -1.27. The predicted molar refractivity (Wildman–Crippen MR) is 41.1 cm³/mol. The fraction of sp³-hybridized carbons (Fsp3) is 0. The molecule has 0 radical (unpaired) electrons. The summed E-state index contributed by atoms with van der Waals surface area (Å²) in [7, 11) is -4.06. The van der Waals surface area contributed by atoms with E-state index in [-0.39, 0.29) is 0 Å². The zero-order valence-electron chi connectivity index (χ0n) is 5.93. The summed E-state index contributed by atoms with van der Waals surface area (Å²) in [4.78, 5) is -0.648. The van der Waals surface area contributed by atoms with Gasteiger partial charge in [0.2, 0.25) is 10.0 Å². The van der Waals surface area contributed by atoms with Crippen molar-refractivity contribution in [2.75, 3.05) is 0 Å². The molecule has 0 aliphatic carbocycles. The third-order valence-electron chi connectivity index (χ3n) is 1.26. The van der Waals surface area contributed by atoms with Crippen LogP contribution in [0.25, 0.3) is 0 Å². The maximum Gasteiger partial charge on any atom is 0.245 e. The number of aromatic hydroxyl groups is 2. The molecule has 0 spiro atoms. The first-order valence-electron chi connectivity index (χ1n) is 2.96. The molecule has 6 heteroatoms. The first-order valence-corrected chi connectivity index (χ1v) is 4.51. The van der Waals surface area contributed by atoms with E-state index < -0.39 is 26.4 Å². The van der Waals surface area contributed by atoms with Crippen molar-refractivity contribution in [1.29, 1.82) is 0 Å². The zero-order chi connectivity index (χ0) is 9.35. The largest absolute Gasteiger partial charge is 0.506 e. The Labute approximate surface area is 69.1 Å². The third-order valence-corrected chi connectivity index (χ3v) is 2.25. The van der Waals surface area contributed by atoms with Crippen LogP contribution in [0.1, 0.15) is 0 Å². The molecule has 0 aliphatic rings. The van der Waals surface area contributed by atoms with Crippen molar-refractivity contribution in [3.05, 3.63) is 18.2 Å². The van der Waals surface area contributed by atoms with Crippen LogP contribution in [0, 0.1) is 0 Å². The summed E-state index contributed by atoms with van der Waals surface area (Å²) in [6, 6.07) is 3.55. The van der Waals surface area contributed by atoms with Gasteiger partial charge in [-0.1, -0.05) is 6.07 Å². The van der Waals surface area contributed by atoms with E-state index in [1.807, 2.05) is 0 Å². The van der Waals surface area contributed by atoms with E-state index in [1.165, 1.54) is 6.07 Å². The summed E-state index contributed by atoms with van der Waals surface area (Å²) in [5, 5.41) is 22.7. The van der Waals surface area contributed by atoms with Crippen molar-refractivity contribution >= 4 is 10.0 Å². The maximum absolute atomic E-state index is 10.7. The number of sulfonamides is 1. The van der Waals surface area contributed by atoms with E-state index in [4.69, 9.17) is 15.4 Å². The highest BCUT2D eigenvalue weighted by Gasteiger charge is 2.17. The van der Waals surface area contributed by atoms with Gasteiger partial charge in [0.15, 0.2) is 4.90 Å². The van der Waals surface area contributed by atoms with Crippen LogP contribution in [-0.2, 0) is 10.0 Å². The monoisotopic (exact) mass is 189 g/mol. The van der Waals surface area contributed by atoms with Crippen molar-refractivity contribution in [1.82, 2.24) is 0 Å². The first-order chi connectivity index (χ1) is 5.43. The summed E-state index contributed by atoms with van der Waals surface area (Å²) in [6.45, 7) is 0. The second-order valence-corrected chi connectivity index (χ2v) is 3.67. The fourth-order valence-electron chi connectivity index (χ4n) is 0.805. The molecule has 0 saturated heterocycles. The quantitative estimate of drug-likeness (QED) is 0.566. The minimum atomic E-state index is -4.06. The van der Waals surface area contributed by atoms with Crippen LogP contribution in [0.5, 0.6) is 11.5 Å². The molecule has 66 valence electrons. The Kier molecular flexibility index (Phi) is 1.95. The minimum Gasteiger partial charge on any atom is -0.506 e. The molecule has 0 atom stereocenters. The molecule has 4 N–H and O–H groups in total. The van der Waals surface area contributed by atoms with Gasteiger partial charge in [-0.2, -0.15) is 0 Å². The summed E-state index contributed by atoms with van der Waals surface area (Å²) in [5.74, 6) is -1.12. The lowest BCUT2D eigenvalue weighted by Gasteiger charge is -2.02. The number of hydrogen-bond acceptors (Lipinski definition) is 4. The van der Waals surface area contributed by atoms with Crippen LogP contribution >= 0.6 is 0 Å². The average Bonchev–Trinajstić information content (AvgIpc) is 1.82. The highest BCUT2D eigenvalue weighted by Crippen LogP contribution is 2.29. The molecular formula is C6H7NO4S. The van der Waals surface area contributed by atoms with Crippen molar-refractivity contribution in [3.63, 3.8) is 0 Å². The van der Waals surface area contributed by atoms with Crippen LogP contribution in [0.15, 0.2) is 23.1 Å². The Morgan fingerprint density at radius 2 is 1.58 bits per heavy atom. The number of nitrogens with two attached hydrogens (primary N) is 1. The van der Waals surface area contributed by atoms with E-state index in [0.29, 0.717) is 0 Å². The molecule has 1 aromatic rings. The first kappa shape index (κ1) is 8.82. The van der Waals surface area contributed by atoms with Gasteiger partial charge in [-0.15, -0.1) is 0 Å². The molecule has 0 unspecified atom stereocenters. The van der Waals surface area contributed by atoms with Gasteiger partial charge in [0.1, 0.15) is 11.5 Å². The average molecular weight is 189 g/mol. The highest BCUT2D eigenvalue weighted by molar-refractivity contribution is 7.89. The van der Waals surface area contributed by atoms with Crippen molar-refractivity contribution in [2.24, 2.45) is 5.14 Å². The smallest absolute Gasteiger partial charge is 0.245 e. The Morgan fingerprint density at radius 1 is 1.17 bits per heavy atom. The van der Waals surface area contributed by atoms with Gasteiger partial charge >= 0.3 is 0 Å². The number of phenolic OH excluding ortho intramolecular Hbond substituents is 2. The van der Waals surface area contributed by atoms with Gasteiger partial charge in [-0.25, -0.2) is 13.6 Å². The van der Waals surface area contributed by atoms with Gasteiger partial charge < -0.3 is 10.2 Å². The van der Waals surface area contributed by atoms with E-state index in [9.17, 15) is 8.42 Å². The number of phenols is 2. The molecule has 0 aliphatic heterocycles. The Morgan fingerprint density at radius 3 is 1.83 bits per heavy atom. The molecule has 0 aromatic heterocycles. The topological polar surface area (TPSA) is 101 Å². The van der Waals surface area contributed by atoms with Gasteiger partial charge in [0.05, 0.1) is 0 Å². The second kappa shape index (κ2) is 2.65. The van der Waals surface area contributed by atoms with Gasteiger partial charge in [-0.05, 0) is 12.1 Å². The molecule has 0 fully saturated rings. The lowest BCUT2D eigenvalue weighted by molar-refractivity contribution is 0.423. The standard InChI is InChI=1S/C6H7NO4S/c7-12(10,11)6-4(8)2-1-3-5(6)9/h1-3,8-9H,(H2,7,10,11). The Bertz CT molecular complexity index is 378. The van der Waals surface area contributed by atoms with E-state index in [2.05, 4.69) is 0 Å². The number of benzene rings is 1. The number of hydrogen-bond donors (Lipinski definition) is 3. The summed E-state index contributed by atoms with van der Waals surface area (Å²) < 4.78 is 21.5. The third kappa shape index (κ3) is 1.49. The van der Waals surface area contributed by atoms with Gasteiger partial charge in [-0.3, -0.25) is 0 Å². The van der Waals surface area contributed by atoms with Crippen LogP contribution < -0.4 is 5.14 Å². The van der Waals surface area contributed by atoms with E-state index in [0.717, 1.165) is 12.1 Å². The van der Waals surface area contributed by atoms with Crippen LogP contribution in [0.2, 0.25) is 0 Å². The zero-order valence-corrected chi connectivity index (χ0v) is 6.75. The van der Waals surface area contributed by atoms with Crippen LogP contribution in [-0.4, -0.2) is 18.6 Å². The number of primary sulfonamides is 1. The van der Waals surface area contributed by atoms with Crippen molar-refractivity contribution in [2.45, 2.75) is 4.90 Å². The minimum absolute atomic E-state index is 0.558. The summed E-state index contributed by atoms with van der Waals surface area (Å²) in [5.41, 5.74) is 0. The molecule has 0 bridgehead atoms. The lowest BCUT2D eigenvalue weighted by atomic mass is 10.3. The molecule has 1 rings (SSSR count). The SMILES string of the molecule is NS(=O)(=O)c1c(O)cccc1O. The normalized spacial score (nSPS) is 11.4. The molecule has 0 saturated carbocycles. The second-order valence-electron chi connectivity index (χ2n) is 2.17. The predicted octanol–water partition coefficient (Wildman–Crippen LogP) is -0.255. The molecule has 1 aromatic carbocycles. The van der Waals surface area contributed by atoms with Gasteiger partial charge in [0.25, 0.3) is 0 Å². The highest BCUT2D eigenvalue weighted by atomic mass is 32.2. The maximum atomic E-state index is 10.7. The van der Waals surface area contributed by atoms with Crippen LogP contribution in [0.4, 0.5) is 0 Å². The molecule has 0 amide bonds. The van der Waals surface area contributed by atoms with Crippen molar-refractivity contribution in [3.8, 4) is 11.5 Å².